The van der Waals surface area contributed by atoms with Crippen LogP contribution in [0.5, 0.6) is 0 Å². The SMILES string of the molecule is O=C(NCc1cn(-c2ccc(-n3ccccc3=O)cc2)cn1)c1ccc(Cl)s1.O=S(=O)(O)c1ccccc1. The topological polar surface area (TPSA) is 123 Å². The van der Waals surface area contributed by atoms with Crippen LogP contribution in [0.2, 0.25) is 4.34 Å². The van der Waals surface area contributed by atoms with Gasteiger partial charge < -0.3 is 9.88 Å². The fourth-order valence-corrected chi connectivity index (χ4v) is 4.77. The van der Waals surface area contributed by atoms with Gasteiger partial charge in [-0.3, -0.25) is 18.7 Å². The Morgan fingerprint density at radius 3 is 2.24 bits per heavy atom. The summed E-state index contributed by atoms with van der Waals surface area (Å²) in [6.45, 7) is 0.318. The van der Waals surface area contributed by atoms with E-state index < -0.39 is 10.1 Å². The highest BCUT2D eigenvalue weighted by Crippen LogP contribution is 2.21. The average Bonchev–Trinajstić information content (AvgIpc) is 3.57. The smallest absolute Gasteiger partial charge is 0.294 e. The summed E-state index contributed by atoms with van der Waals surface area (Å²) in [4.78, 5) is 28.8. The van der Waals surface area contributed by atoms with Crippen LogP contribution in [0.15, 0.2) is 113 Å². The number of carbonyl (C=O) groups excluding carboxylic acids is 1. The van der Waals surface area contributed by atoms with Gasteiger partial charge in [-0.1, -0.05) is 35.9 Å². The van der Waals surface area contributed by atoms with Crippen LogP contribution < -0.4 is 10.9 Å². The van der Waals surface area contributed by atoms with Crippen molar-refractivity contribution in [1.82, 2.24) is 19.4 Å². The number of hydrogen-bond donors (Lipinski definition) is 2. The zero-order valence-electron chi connectivity index (χ0n) is 19.6. The summed E-state index contributed by atoms with van der Waals surface area (Å²) in [5.74, 6) is -0.177. The summed E-state index contributed by atoms with van der Waals surface area (Å²) in [6.07, 6.45) is 5.27. The van der Waals surface area contributed by atoms with Crippen LogP contribution in [-0.2, 0) is 16.7 Å². The standard InChI is InChI=1S/C20H15ClN4O2S.C6H6O3S/c21-18-9-8-17(28-18)20(27)22-11-14-12-24(13-23-14)15-4-6-16(7-5-15)25-10-2-1-3-19(25)26;7-10(8,9)6-4-2-1-3-5-6/h1-10,12-13H,11H2,(H,22,27);1-5H,(H,7,8,9). The Morgan fingerprint density at radius 2 is 1.63 bits per heavy atom. The second-order valence-electron chi connectivity index (χ2n) is 7.77. The minimum absolute atomic E-state index is 0.0741. The normalized spacial score (nSPS) is 10.9. The van der Waals surface area contributed by atoms with Crippen LogP contribution in [0.4, 0.5) is 0 Å². The molecule has 0 saturated heterocycles. The van der Waals surface area contributed by atoms with Gasteiger partial charge in [0.25, 0.3) is 21.6 Å². The first-order valence-corrected chi connectivity index (χ1v) is 13.7. The van der Waals surface area contributed by atoms with Crippen LogP contribution in [0.25, 0.3) is 11.4 Å². The Kier molecular flexibility index (Phi) is 8.54. The molecule has 9 nitrogen and oxygen atoms in total. The summed E-state index contributed by atoms with van der Waals surface area (Å²) in [7, 11) is -4.00. The van der Waals surface area contributed by atoms with Crippen molar-refractivity contribution >= 4 is 39.0 Å². The number of halogens is 1. The molecule has 0 bridgehead atoms. The quantitative estimate of drug-likeness (QED) is 0.289. The van der Waals surface area contributed by atoms with Crippen LogP contribution in [0, 0.1) is 0 Å². The highest BCUT2D eigenvalue weighted by molar-refractivity contribution is 7.85. The van der Waals surface area contributed by atoms with Crippen molar-refractivity contribution in [2.75, 3.05) is 0 Å². The van der Waals surface area contributed by atoms with Gasteiger partial charge in [-0.05, 0) is 54.6 Å². The van der Waals surface area contributed by atoms with Crippen LogP contribution in [0.1, 0.15) is 15.4 Å². The predicted octanol–water partition coefficient (Wildman–Crippen LogP) is 4.60. The molecular formula is C26H21ClN4O5S2. The van der Waals surface area contributed by atoms with Crippen LogP contribution in [-0.4, -0.2) is 33.0 Å². The fraction of sp³-hybridized carbons (Fsp3) is 0.0385. The van der Waals surface area contributed by atoms with Crippen LogP contribution in [0.3, 0.4) is 0 Å². The Hall–Kier alpha value is -4.03. The number of nitrogens with one attached hydrogen (secondary N) is 1. The number of thiophene rings is 1. The first-order chi connectivity index (χ1) is 18.2. The number of hydrogen-bond acceptors (Lipinski definition) is 6. The van der Waals surface area contributed by atoms with E-state index in [0.717, 1.165) is 17.1 Å². The number of aromatic nitrogens is 3. The van der Waals surface area contributed by atoms with E-state index >= 15 is 0 Å². The van der Waals surface area contributed by atoms with Gasteiger partial charge >= 0.3 is 0 Å². The second kappa shape index (κ2) is 12.0. The third-order valence-corrected chi connectivity index (χ3v) is 7.25. The number of nitrogens with zero attached hydrogens (tertiary/aromatic N) is 3. The van der Waals surface area contributed by atoms with Crippen molar-refractivity contribution in [3.8, 4) is 11.4 Å². The van der Waals surface area contributed by atoms with Gasteiger partial charge in [0.15, 0.2) is 0 Å². The lowest BCUT2D eigenvalue weighted by molar-refractivity contribution is 0.0954. The Labute approximate surface area is 227 Å². The molecule has 2 N–H and O–H groups in total. The Balaban J connectivity index is 0.000000283. The molecule has 0 radical (unpaired) electrons. The first-order valence-electron chi connectivity index (χ1n) is 11.1. The molecule has 0 aliphatic heterocycles. The molecule has 3 heterocycles. The molecule has 0 spiro atoms. The zero-order valence-corrected chi connectivity index (χ0v) is 22.0. The van der Waals surface area contributed by atoms with Gasteiger partial charge in [0.05, 0.1) is 32.7 Å². The van der Waals surface area contributed by atoms with Crippen molar-refractivity contribution in [1.29, 1.82) is 0 Å². The summed E-state index contributed by atoms with van der Waals surface area (Å²) in [6, 6.07) is 23.4. The predicted molar refractivity (Wildman–Crippen MR) is 146 cm³/mol. The number of rotatable bonds is 6. The van der Waals surface area contributed by atoms with Crippen molar-refractivity contribution < 1.29 is 17.8 Å². The molecule has 0 saturated carbocycles. The number of benzene rings is 2. The maximum Gasteiger partial charge on any atom is 0.294 e. The summed E-state index contributed by atoms with van der Waals surface area (Å²) in [5.41, 5.74) is 2.35. The molecule has 0 fully saturated rings. The molecule has 2 aromatic carbocycles. The number of amides is 1. The monoisotopic (exact) mass is 568 g/mol. The van der Waals surface area contributed by atoms with Crippen molar-refractivity contribution in [2.24, 2.45) is 0 Å². The van der Waals surface area contributed by atoms with E-state index in [1.807, 2.05) is 41.1 Å². The van der Waals surface area contributed by atoms with Gasteiger partial charge in [0.1, 0.15) is 0 Å². The van der Waals surface area contributed by atoms with Crippen molar-refractivity contribution in [3.63, 3.8) is 0 Å². The molecule has 38 heavy (non-hydrogen) atoms. The van der Waals surface area contributed by atoms with Gasteiger partial charge in [0, 0.05) is 29.8 Å². The minimum atomic E-state index is -4.00. The summed E-state index contributed by atoms with van der Waals surface area (Å²) < 4.78 is 33.3. The van der Waals surface area contributed by atoms with Gasteiger partial charge in [-0.25, -0.2) is 4.98 Å². The van der Waals surface area contributed by atoms with E-state index in [4.69, 9.17) is 16.2 Å². The maximum atomic E-state index is 12.1. The second-order valence-corrected chi connectivity index (χ2v) is 10.9. The van der Waals surface area contributed by atoms with Crippen molar-refractivity contribution in [3.05, 3.63) is 129 Å². The van der Waals surface area contributed by atoms with E-state index in [1.54, 1.807) is 53.5 Å². The Bertz CT molecular complexity index is 1700. The molecule has 5 aromatic rings. The summed E-state index contributed by atoms with van der Waals surface area (Å²) >= 11 is 7.09. The zero-order chi connectivity index (χ0) is 27.1. The molecular weight excluding hydrogens is 548 g/mol. The van der Waals surface area contributed by atoms with E-state index in [2.05, 4.69) is 10.3 Å². The van der Waals surface area contributed by atoms with Gasteiger partial charge in [-0.2, -0.15) is 8.42 Å². The molecule has 0 aliphatic carbocycles. The lowest BCUT2D eigenvalue weighted by atomic mass is 10.2. The molecule has 0 aliphatic rings. The van der Waals surface area contributed by atoms with E-state index in [-0.39, 0.29) is 16.4 Å². The molecule has 0 atom stereocenters. The summed E-state index contributed by atoms with van der Waals surface area (Å²) in [5, 5.41) is 2.83. The molecule has 0 unspecified atom stereocenters. The molecule has 12 heteroatoms. The average molecular weight is 569 g/mol. The third-order valence-electron chi connectivity index (χ3n) is 5.15. The largest absolute Gasteiger partial charge is 0.346 e. The first kappa shape index (κ1) is 27.0. The fourth-order valence-electron chi connectivity index (χ4n) is 3.31. The van der Waals surface area contributed by atoms with Gasteiger partial charge in [0.2, 0.25) is 0 Å². The lowest BCUT2D eigenvalue weighted by Crippen LogP contribution is -2.21. The minimum Gasteiger partial charge on any atom is -0.346 e. The number of pyridine rings is 1. The maximum absolute atomic E-state index is 12.1. The Morgan fingerprint density at radius 1 is 0.947 bits per heavy atom. The third kappa shape index (κ3) is 7.05. The van der Waals surface area contributed by atoms with E-state index in [1.165, 1.54) is 29.5 Å². The highest BCUT2D eigenvalue weighted by atomic mass is 35.5. The molecule has 194 valence electrons. The lowest BCUT2D eigenvalue weighted by Gasteiger charge is -2.07. The molecule has 5 rings (SSSR count). The molecule has 3 aromatic heterocycles. The highest BCUT2D eigenvalue weighted by Gasteiger charge is 2.10. The number of imidazole rings is 1. The van der Waals surface area contributed by atoms with Crippen LogP contribution >= 0.6 is 22.9 Å². The molecule has 1 amide bonds. The van der Waals surface area contributed by atoms with E-state index in [9.17, 15) is 18.0 Å². The van der Waals surface area contributed by atoms with Crippen molar-refractivity contribution in [2.45, 2.75) is 11.4 Å². The van der Waals surface area contributed by atoms with E-state index in [0.29, 0.717) is 15.8 Å². The van der Waals surface area contributed by atoms with Gasteiger partial charge in [-0.15, -0.1) is 11.3 Å². The number of carbonyl (C=O) groups is 1.